The van der Waals surface area contributed by atoms with Gasteiger partial charge in [-0.25, -0.2) is 0 Å². The number of hydrogen-bond acceptors (Lipinski definition) is 7. The first kappa shape index (κ1) is 23.2. The van der Waals surface area contributed by atoms with Gasteiger partial charge in [0, 0.05) is 25.7 Å². The Kier molecular flexibility index (Phi) is 8.11. The highest BCUT2D eigenvalue weighted by Gasteiger charge is 2.47. The topological polar surface area (TPSA) is 80.3 Å². The lowest BCUT2D eigenvalue weighted by Gasteiger charge is -2.39. The molecule has 0 saturated carbocycles. The van der Waals surface area contributed by atoms with E-state index in [9.17, 15) is 8.42 Å². The van der Waals surface area contributed by atoms with Crippen molar-refractivity contribution in [2.75, 3.05) is 34.7 Å². The minimum atomic E-state index is -3.83. The van der Waals surface area contributed by atoms with Crippen LogP contribution < -0.4 is 9.47 Å². The first-order valence-corrected chi connectivity index (χ1v) is 10.1. The normalized spacial score (nSPS) is 14.3. The van der Waals surface area contributed by atoms with Gasteiger partial charge in [-0.15, -0.1) is 12.3 Å². The lowest BCUT2D eigenvalue weighted by atomic mass is 9.91. The smallest absolute Gasteiger partial charge is 0.264 e. The maximum absolute atomic E-state index is 11.9. The van der Waals surface area contributed by atoms with E-state index in [1.165, 1.54) is 21.3 Å². The zero-order chi connectivity index (χ0) is 20.8. The Balaban J connectivity index is 3.70. The fraction of sp³-hybridized carbons (Fsp3) is 0.579. The van der Waals surface area contributed by atoms with Gasteiger partial charge >= 0.3 is 0 Å². The van der Waals surface area contributed by atoms with Crippen LogP contribution in [-0.2, 0) is 29.6 Å². The Hall–Kier alpha value is -1.79. The van der Waals surface area contributed by atoms with E-state index < -0.39 is 22.0 Å². The van der Waals surface area contributed by atoms with Gasteiger partial charge in [-0.3, -0.25) is 4.18 Å². The zero-order valence-electron chi connectivity index (χ0n) is 16.9. The summed E-state index contributed by atoms with van der Waals surface area (Å²) in [6.07, 6.45) is 5.59. The molecule has 0 saturated heterocycles. The summed E-state index contributed by atoms with van der Waals surface area (Å²) in [4.78, 5) is 0. The zero-order valence-corrected chi connectivity index (χ0v) is 17.7. The molecule has 0 radical (unpaired) electrons. The van der Waals surface area contributed by atoms with Gasteiger partial charge < -0.3 is 18.9 Å². The Labute approximate surface area is 162 Å². The summed E-state index contributed by atoms with van der Waals surface area (Å²) >= 11 is 0. The summed E-state index contributed by atoms with van der Waals surface area (Å²) in [5.41, 5.74) is 1.17. The first-order valence-electron chi connectivity index (χ1n) is 8.26. The summed E-state index contributed by atoms with van der Waals surface area (Å²) in [5.74, 6) is 1.76. The molecular formula is C19H28O7S. The molecular weight excluding hydrogens is 372 g/mol. The molecule has 0 heterocycles. The lowest BCUT2D eigenvalue weighted by molar-refractivity contribution is -0.264. The molecule has 2 atom stereocenters. The van der Waals surface area contributed by atoms with E-state index in [1.807, 2.05) is 6.92 Å². The van der Waals surface area contributed by atoms with Gasteiger partial charge in [-0.05, 0) is 25.5 Å². The predicted molar refractivity (Wildman–Crippen MR) is 102 cm³/mol. The number of hydrogen-bond donors (Lipinski definition) is 0. The van der Waals surface area contributed by atoms with Crippen LogP contribution in [0.2, 0.25) is 0 Å². The van der Waals surface area contributed by atoms with Gasteiger partial charge in [-0.2, -0.15) is 8.42 Å². The van der Waals surface area contributed by atoms with Crippen molar-refractivity contribution < 1.29 is 31.5 Å². The number of benzene rings is 1. The molecule has 0 fully saturated rings. The van der Waals surface area contributed by atoms with Crippen LogP contribution in [0.5, 0.6) is 11.5 Å². The molecule has 8 heteroatoms. The minimum Gasteiger partial charge on any atom is -0.496 e. The minimum absolute atomic E-state index is 0.180. The molecule has 0 aliphatic rings. The highest BCUT2D eigenvalue weighted by atomic mass is 32.2. The lowest BCUT2D eigenvalue weighted by Crippen LogP contribution is -2.46. The highest BCUT2D eigenvalue weighted by Crippen LogP contribution is 2.43. The standard InChI is InChI=1S/C19H28O7S/c1-9-13(2)12-17(26-27(8,20)21)19(24-6,25-7)15-10-11-16(22-4)14(3)18(15)23-5/h1,10-11,13,17H,12H2,2-8H3/t13-,17-/m0/s1. The molecule has 0 aromatic heterocycles. The quantitative estimate of drug-likeness (QED) is 0.339. The summed E-state index contributed by atoms with van der Waals surface area (Å²) in [7, 11) is 2.03. The third kappa shape index (κ3) is 5.14. The highest BCUT2D eigenvalue weighted by molar-refractivity contribution is 7.86. The Morgan fingerprint density at radius 1 is 1.15 bits per heavy atom. The van der Waals surface area contributed by atoms with Crippen molar-refractivity contribution in [2.45, 2.75) is 32.2 Å². The van der Waals surface area contributed by atoms with Gasteiger partial charge in [0.15, 0.2) is 0 Å². The Bertz CT molecular complexity index is 776. The molecule has 1 aromatic rings. The van der Waals surface area contributed by atoms with E-state index in [0.29, 0.717) is 22.6 Å². The average Bonchev–Trinajstić information content (AvgIpc) is 2.62. The average molecular weight is 400 g/mol. The van der Waals surface area contributed by atoms with Crippen LogP contribution in [0.1, 0.15) is 24.5 Å². The van der Waals surface area contributed by atoms with E-state index in [1.54, 1.807) is 26.2 Å². The molecule has 7 nitrogen and oxygen atoms in total. The fourth-order valence-electron chi connectivity index (χ4n) is 3.03. The molecule has 27 heavy (non-hydrogen) atoms. The second-order valence-corrected chi connectivity index (χ2v) is 7.74. The molecule has 1 rings (SSSR count). The van der Waals surface area contributed by atoms with E-state index in [2.05, 4.69) is 5.92 Å². The second kappa shape index (κ2) is 9.42. The molecule has 0 unspecified atom stereocenters. The van der Waals surface area contributed by atoms with E-state index in [-0.39, 0.29) is 12.3 Å². The first-order chi connectivity index (χ1) is 12.6. The van der Waals surface area contributed by atoms with Crippen LogP contribution in [-0.4, -0.2) is 49.2 Å². The van der Waals surface area contributed by atoms with E-state index >= 15 is 0 Å². The van der Waals surface area contributed by atoms with Gasteiger partial charge in [0.25, 0.3) is 10.1 Å². The third-order valence-electron chi connectivity index (χ3n) is 4.33. The summed E-state index contributed by atoms with van der Waals surface area (Å²) in [6.45, 7) is 3.60. The third-order valence-corrected chi connectivity index (χ3v) is 4.91. The van der Waals surface area contributed by atoms with Crippen molar-refractivity contribution >= 4 is 10.1 Å². The monoisotopic (exact) mass is 400 g/mol. The largest absolute Gasteiger partial charge is 0.496 e. The van der Waals surface area contributed by atoms with Crippen molar-refractivity contribution in [1.29, 1.82) is 0 Å². The summed E-state index contributed by atoms with van der Waals surface area (Å²) in [6, 6.07) is 3.42. The molecule has 0 aliphatic heterocycles. The molecule has 0 aliphatic carbocycles. The van der Waals surface area contributed by atoms with Crippen molar-refractivity contribution in [3.63, 3.8) is 0 Å². The fourth-order valence-corrected chi connectivity index (χ4v) is 3.66. The van der Waals surface area contributed by atoms with Crippen molar-refractivity contribution in [3.05, 3.63) is 23.3 Å². The maximum atomic E-state index is 11.9. The summed E-state index contributed by atoms with van der Waals surface area (Å²) < 4.78 is 51.4. The van der Waals surface area contributed by atoms with Crippen LogP contribution in [0.4, 0.5) is 0 Å². The van der Waals surface area contributed by atoms with E-state index in [0.717, 1.165) is 6.26 Å². The van der Waals surface area contributed by atoms with Crippen LogP contribution in [0, 0.1) is 25.2 Å². The number of terminal acetylenes is 1. The molecule has 0 bridgehead atoms. The number of ether oxygens (including phenoxy) is 4. The second-order valence-electron chi connectivity index (χ2n) is 6.14. The number of methoxy groups -OCH3 is 4. The van der Waals surface area contributed by atoms with Crippen LogP contribution >= 0.6 is 0 Å². The van der Waals surface area contributed by atoms with Crippen LogP contribution in [0.15, 0.2) is 12.1 Å². The van der Waals surface area contributed by atoms with Crippen LogP contribution in [0.25, 0.3) is 0 Å². The van der Waals surface area contributed by atoms with Gasteiger partial charge in [0.05, 0.1) is 26.0 Å². The molecule has 0 amide bonds. The van der Waals surface area contributed by atoms with E-state index in [4.69, 9.17) is 29.6 Å². The van der Waals surface area contributed by atoms with Gasteiger partial charge in [0.2, 0.25) is 5.79 Å². The Morgan fingerprint density at radius 3 is 2.15 bits per heavy atom. The molecule has 152 valence electrons. The summed E-state index contributed by atoms with van der Waals surface area (Å²) in [5, 5.41) is 0. The van der Waals surface area contributed by atoms with Crippen LogP contribution in [0.3, 0.4) is 0 Å². The molecule has 0 spiro atoms. The van der Waals surface area contributed by atoms with Gasteiger partial charge in [-0.1, -0.05) is 6.92 Å². The van der Waals surface area contributed by atoms with Crippen molar-refractivity contribution in [3.8, 4) is 23.8 Å². The van der Waals surface area contributed by atoms with Gasteiger partial charge in [0.1, 0.15) is 17.6 Å². The molecule has 0 N–H and O–H groups in total. The SMILES string of the molecule is C#C[C@H](C)C[C@H](OS(C)(=O)=O)C(OC)(OC)c1ccc(OC)c(C)c1OC. The number of rotatable bonds is 10. The molecule has 1 aromatic carbocycles. The Morgan fingerprint density at radius 2 is 1.74 bits per heavy atom. The predicted octanol–water partition coefficient (Wildman–Crippen LogP) is 2.46. The van der Waals surface area contributed by atoms with Crippen molar-refractivity contribution in [1.82, 2.24) is 0 Å². The van der Waals surface area contributed by atoms with Crippen molar-refractivity contribution in [2.24, 2.45) is 5.92 Å². The maximum Gasteiger partial charge on any atom is 0.264 e.